The molecule has 1 atom stereocenters. The van der Waals surface area contributed by atoms with Gasteiger partial charge in [-0.15, -0.1) is 11.3 Å². The number of anilines is 1. The summed E-state index contributed by atoms with van der Waals surface area (Å²) in [7, 11) is 0. The summed E-state index contributed by atoms with van der Waals surface area (Å²) in [6.45, 7) is 7.31. The SMILES string of the molecule is CCN(C(C)=O)c1nc(CNC(C)C2CCCC2)cs1. The van der Waals surface area contributed by atoms with Gasteiger partial charge in [0.1, 0.15) is 0 Å². The molecule has 0 aliphatic heterocycles. The Morgan fingerprint density at radius 1 is 1.55 bits per heavy atom. The molecule has 5 heteroatoms. The number of carbonyl (C=O) groups is 1. The molecule has 4 nitrogen and oxygen atoms in total. The molecule has 1 aromatic rings. The van der Waals surface area contributed by atoms with Crippen LogP contribution in [0.15, 0.2) is 5.38 Å². The van der Waals surface area contributed by atoms with Crippen LogP contribution in [0.3, 0.4) is 0 Å². The van der Waals surface area contributed by atoms with E-state index in [1.807, 2.05) is 6.92 Å². The van der Waals surface area contributed by atoms with E-state index >= 15 is 0 Å². The number of nitrogens with one attached hydrogen (secondary N) is 1. The summed E-state index contributed by atoms with van der Waals surface area (Å²) >= 11 is 1.55. The van der Waals surface area contributed by atoms with Crippen molar-refractivity contribution in [2.45, 2.75) is 59.0 Å². The Morgan fingerprint density at radius 3 is 2.85 bits per heavy atom. The van der Waals surface area contributed by atoms with Gasteiger partial charge in [0.15, 0.2) is 5.13 Å². The summed E-state index contributed by atoms with van der Waals surface area (Å²) in [5, 5.41) is 6.44. The zero-order valence-corrected chi connectivity index (χ0v) is 13.5. The zero-order valence-electron chi connectivity index (χ0n) is 12.7. The molecule has 1 fully saturated rings. The second-order valence-corrected chi connectivity index (χ2v) is 6.44. The Labute approximate surface area is 125 Å². The van der Waals surface area contributed by atoms with Gasteiger partial charge in [0.2, 0.25) is 5.91 Å². The van der Waals surface area contributed by atoms with Gasteiger partial charge >= 0.3 is 0 Å². The Balaban J connectivity index is 1.87. The molecule has 20 heavy (non-hydrogen) atoms. The fourth-order valence-electron chi connectivity index (χ4n) is 2.88. The summed E-state index contributed by atoms with van der Waals surface area (Å²) in [6.07, 6.45) is 5.46. The fourth-order valence-corrected chi connectivity index (χ4v) is 3.82. The Kier molecular flexibility index (Phi) is 5.54. The lowest BCUT2D eigenvalue weighted by Crippen LogP contribution is -2.32. The van der Waals surface area contributed by atoms with E-state index in [4.69, 9.17) is 0 Å². The van der Waals surface area contributed by atoms with Gasteiger partial charge in [0.25, 0.3) is 0 Å². The van der Waals surface area contributed by atoms with Crippen LogP contribution < -0.4 is 10.2 Å². The molecule has 0 radical (unpaired) electrons. The topological polar surface area (TPSA) is 45.2 Å². The minimum absolute atomic E-state index is 0.0562. The van der Waals surface area contributed by atoms with Crippen molar-refractivity contribution in [3.8, 4) is 0 Å². The largest absolute Gasteiger partial charge is 0.308 e. The van der Waals surface area contributed by atoms with E-state index in [-0.39, 0.29) is 5.91 Å². The highest BCUT2D eigenvalue weighted by atomic mass is 32.1. The average molecular weight is 295 g/mol. The van der Waals surface area contributed by atoms with Crippen LogP contribution in [0, 0.1) is 5.92 Å². The van der Waals surface area contributed by atoms with E-state index in [1.54, 1.807) is 23.2 Å². The van der Waals surface area contributed by atoms with Gasteiger partial charge in [-0.2, -0.15) is 0 Å². The minimum atomic E-state index is 0.0562. The lowest BCUT2D eigenvalue weighted by Gasteiger charge is -2.19. The molecule has 1 heterocycles. The standard InChI is InChI=1S/C15H25N3OS/c1-4-18(12(3)19)15-17-14(10-20-15)9-16-11(2)13-7-5-6-8-13/h10-11,13,16H,4-9H2,1-3H3. The molecule has 0 bridgehead atoms. The van der Waals surface area contributed by atoms with Gasteiger partial charge in [0.05, 0.1) is 5.69 Å². The lowest BCUT2D eigenvalue weighted by atomic mass is 10.00. The molecule has 0 saturated heterocycles. The molecule has 1 saturated carbocycles. The number of nitrogens with zero attached hydrogens (tertiary/aromatic N) is 2. The zero-order chi connectivity index (χ0) is 14.5. The van der Waals surface area contributed by atoms with Gasteiger partial charge in [-0.3, -0.25) is 9.69 Å². The molecular formula is C15H25N3OS. The molecule has 112 valence electrons. The van der Waals surface area contributed by atoms with E-state index in [0.29, 0.717) is 12.6 Å². The number of thiazole rings is 1. The van der Waals surface area contributed by atoms with Crippen molar-refractivity contribution in [3.05, 3.63) is 11.1 Å². The fraction of sp³-hybridized carbons (Fsp3) is 0.733. The van der Waals surface area contributed by atoms with E-state index in [9.17, 15) is 4.79 Å². The third kappa shape index (κ3) is 3.79. The van der Waals surface area contributed by atoms with Crippen LogP contribution in [0.5, 0.6) is 0 Å². The van der Waals surface area contributed by atoms with E-state index in [2.05, 4.69) is 22.6 Å². The van der Waals surface area contributed by atoms with Crippen LogP contribution in [0.4, 0.5) is 5.13 Å². The number of carbonyl (C=O) groups excluding carboxylic acids is 1. The second-order valence-electron chi connectivity index (χ2n) is 5.60. The monoisotopic (exact) mass is 295 g/mol. The maximum Gasteiger partial charge on any atom is 0.225 e. The minimum Gasteiger partial charge on any atom is -0.308 e. The van der Waals surface area contributed by atoms with Gasteiger partial charge in [-0.25, -0.2) is 4.98 Å². The second kappa shape index (κ2) is 7.18. The maximum atomic E-state index is 11.5. The first-order chi connectivity index (χ1) is 9.61. The van der Waals surface area contributed by atoms with Gasteiger partial charge in [0, 0.05) is 31.4 Å². The Hall–Kier alpha value is -0.940. The summed E-state index contributed by atoms with van der Waals surface area (Å²) in [6, 6.07) is 0.553. The predicted molar refractivity (Wildman–Crippen MR) is 84.1 cm³/mol. The quantitative estimate of drug-likeness (QED) is 0.876. The molecule has 1 aromatic heterocycles. The molecule has 1 N–H and O–H groups in total. The molecule has 1 amide bonds. The molecular weight excluding hydrogens is 270 g/mol. The number of amides is 1. The number of hydrogen-bond acceptors (Lipinski definition) is 4. The van der Waals surface area contributed by atoms with E-state index in [1.165, 1.54) is 25.7 Å². The first-order valence-electron chi connectivity index (χ1n) is 7.57. The van der Waals surface area contributed by atoms with Crippen LogP contribution >= 0.6 is 11.3 Å². The first-order valence-corrected chi connectivity index (χ1v) is 8.45. The van der Waals surface area contributed by atoms with Crippen molar-refractivity contribution in [3.63, 3.8) is 0 Å². The predicted octanol–water partition coefficient (Wildman–Crippen LogP) is 3.18. The maximum absolute atomic E-state index is 11.5. The number of rotatable bonds is 6. The summed E-state index contributed by atoms with van der Waals surface area (Å²) in [5.74, 6) is 0.873. The van der Waals surface area contributed by atoms with Crippen LogP contribution in [-0.4, -0.2) is 23.5 Å². The molecule has 1 aliphatic carbocycles. The van der Waals surface area contributed by atoms with E-state index < -0.39 is 0 Å². The Bertz CT molecular complexity index is 440. The van der Waals surface area contributed by atoms with Crippen LogP contribution in [0.25, 0.3) is 0 Å². The molecule has 2 rings (SSSR count). The molecule has 0 spiro atoms. The summed E-state index contributed by atoms with van der Waals surface area (Å²) in [4.78, 5) is 17.8. The van der Waals surface area contributed by atoms with Crippen molar-refractivity contribution in [2.24, 2.45) is 5.92 Å². The van der Waals surface area contributed by atoms with Gasteiger partial charge in [-0.1, -0.05) is 12.8 Å². The van der Waals surface area contributed by atoms with Crippen molar-refractivity contribution in [1.29, 1.82) is 0 Å². The van der Waals surface area contributed by atoms with Crippen LogP contribution in [0.1, 0.15) is 52.1 Å². The van der Waals surface area contributed by atoms with Crippen molar-refractivity contribution in [2.75, 3.05) is 11.4 Å². The highest BCUT2D eigenvalue weighted by Gasteiger charge is 2.21. The lowest BCUT2D eigenvalue weighted by molar-refractivity contribution is -0.116. The number of aromatic nitrogens is 1. The van der Waals surface area contributed by atoms with Crippen LogP contribution in [-0.2, 0) is 11.3 Å². The first kappa shape index (κ1) is 15.4. The third-order valence-electron chi connectivity index (χ3n) is 4.18. The van der Waals surface area contributed by atoms with Crippen molar-refractivity contribution >= 4 is 22.4 Å². The smallest absolute Gasteiger partial charge is 0.225 e. The molecule has 1 aliphatic rings. The summed E-state index contributed by atoms with van der Waals surface area (Å²) < 4.78 is 0. The Morgan fingerprint density at radius 2 is 2.25 bits per heavy atom. The highest BCUT2D eigenvalue weighted by molar-refractivity contribution is 7.14. The van der Waals surface area contributed by atoms with E-state index in [0.717, 1.165) is 23.3 Å². The van der Waals surface area contributed by atoms with Gasteiger partial charge in [-0.05, 0) is 32.6 Å². The summed E-state index contributed by atoms with van der Waals surface area (Å²) in [5.41, 5.74) is 1.04. The van der Waals surface area contributed by atoms with Gasteiger partial charge < -0.3 is 5.32 Å². The number of hydrogen-bond donors (Lipinski definition) is 1. The highest BCUT2D eigenvalue weighted by Crippen LogP contribution is 2.28. The van der Waals surface area contributed by atoms with Crippen molar-refractivity contribution in [1.82, 2.24) is 10.3 Å². The average Bonchev–Trinajstić information content (AvgIpc) is 3.08. The van der Waals surface area contributed by atoms with Crippen molar-refractivity contribution < 1.29 is 4.79 Å². The van der Waals surface area contributed by atoms with Crippen LogP contribution in [0.2, 0.25) is 0 Å². The molecule has 0 aromatic carbocycles. The molecule has 1 unspecified atom stereocenters. The normalized spacial score (nSPS) is 17.4. The third-order valence-corrected chi connectivity index (χ3v) is 5.09.